The molecule has 11 heteroatoms. The Morgan fingerprint density at radius 2 is 1.73 bits per heavy atom. The Bertz CT molecular complexity index is 1250. The fraction of sp³-hybridized carbons (Fsp3) is 0.423. The fourth-order valence-electron chi connectivity index (χ4n) is 4.82. The van der Waals surface area contributed by atoms with E-state index in [-0.39, 0.29) is 23.3 Å². The van der Waals surface area contributed by atoms with Crippen LogP contribution in [0.25, 0.3) is 16.7 Å². The van der Waals surface area contributed by atoms with Gasteiger partial charge in [0.1, 0.15) is 11.6 Å². The number of aryl methyl sites for hydroxylation is 1. The van der Waals surface area contributed by atoms with Gasteiger partial charge < -0.3 is 19.1 Å². The molecule has 4 rings (SSSR count). The molecular formula is C26H28F4NO4PS. The standard InChI is InChI=1S/C26H28F4NO4PS/c1-16-4-5-18(17-6-8-19(27)9-7-17)14-21(16)22-23(35-36(3,37)34-15-26(28,29)30)25(31-24(22)32)12-10-20(33-2)11-13-25/h4-9,14,20H,10-13,15H2,1-3H3,(H,31,32). The molecule has 2 aromatic rings. The van der Waals surface area contributed by atoms with Crippen LogP contribution in [-0.2, 0) is 30.4 Å². The topological polar surface area (TPSA) is 56.8 Å². The van der Waals surface area contributed by atoms with E-state index < -0.39 is 30.7 Å². The maximum Gasteiger partial charge on any atom is 0.412 e. The lowest BCUT2D eigenvalue weighted by Crippen LogP contribution is -2.48. The molecule has 1 heterocycles. The number of halogens is 4. The zero-order valence-electron chi connectivity index (χ0n) is 20.7. The quantitative estimate of drug-likeness (QED) is 0.311. The summed E-state index contributed by atoms with van der Waals surface area (Å²) in [5, 5.41) is 3.05. The smallest absolute Gasteiger partial charge is 0.412 e. The van der Waals surface area contributed by atoms with Crippen molar-refractivity contribution in [2.75, 3.05) is 20.4 Å². The van der Waals surface area contributed by atoms with Crippen LogP contribution in [0.2, 0.25) is 0 Å². The maximum absolute atomic E-state index is 13.5. The van der Waals surface area contributed by atoms with Crippen molar-refractivity contribution in [1.29, 1.82) is 0 Å². The second-order valence-electron chi connectivity index (χ2n) is 9.46. The van der Waals surface area contributed by atoms with E-state index in [2.05, 4.69) is 5.32 Å². The highest BCUT2D eigenvalue weighted by Gasteiger charge is 2.50. The van der Waals surface area contributed by atoms with Gasteiger partial charge in [-0.1, -0.05) is 24.3 Å². The molecule has 1 amide bonds. The average molecular weight is 558 g/mol. The highest BCUT2D eigenvalue weighted by Crippen LogP contribution is 2.54. The minimum absolute atomic E-state index is 0.00234. The predicted octanol–water partition coefficient (Wildman–Crippen LogP) is 6.50. The van der Waals surface area contributed by atoms with Gasteiger partial charge in [0.2, 0.25) is 6.49 Å². The van der Waals surface area contributed by atoms with Crippen molar-refractivity contribution in [2.45, 2.75) is 50.4 Å². The Balaban J connectivity index is 1.81. The molecular weight excluding hydrogens is 529 g/mol. The number of nitrogens with one attached hydrogen (secondary N) is 1. The molecule has 0 bridgehead atoms. The lowest BCUT2D eigenvalue weighted by Gasteiger charge is -2.39. The normalized spacial score (nSPS) is 23.8. The van der Waals surface area contributed by atoms with Crippen molar-refractivity contribution >= 4 is 29.8 Å². The molecule has 200 valence electrons. The fourth-order valence-corrected chi connectivity index (χ4v) is 6.24. The van der Waals surface area contributed by atoms with E-state index in [0.29, 0.717) is 31.2 Å². The van der Waals surface area contributed by atoms with E-state index in [1.165, 1.54) is 18.8 Å². The molecule has 2 aliphatic rings. The molecule has 1 N–H and O–H groups in total. The monoisotopic (exact) mass is 557 g/mol. The number of alkyl halides is 3. The van der Waals surface area contributed by atoms with Crippen LogP contribution in [0.1, 0.15) is 36.8 Å². The third-order valence-electron chi connectivity index (χ3n) is 6.77. The zero-order valence-corrected chi connectivity index (χ0v) is 22.4. The summed E-state index contributed by atoms with van der Waals surface area (Å²) in [5.74, 6) is -0.540. The maximum atomic E-state index is 13.5. The summed E-state index contributed by atoms with van der Waals surface area (Å²) < 4.78 is 68.8. The van der Waals surface area contributed by atoms with Crippen molar-refractivity contribution < 1.29 is 36.1 Å². The van der Waals surface area contributed by atoms with Crippen molar-refractivity contribution in [2.24, 2.45) is 0 Å². The molecule has 1 atom stereocenters. The minimum atomic E-state index is -4.57. The van der Waals surface area contributed by atoms with Gasteiger partial charge in [0, 0.05) is 13.8 Å². The first kappa shape index (κ1) is 27.8. The molecule has 1 saturated carbocycles. The predicted molar refractivity (Wildman–Crippen MR) is 137 cm³/mol. The highest BCUT2D eigenvalue weighted by atomic mass is 32.5. The second kappa shape index (κ2) is 10.5. The van der Waals surface area contributed by atoms with Gasteiger partial charge in [0.05, 0.1) is 17.2 Å². The molecule has 2 aromatic carbocycles. The van der Waals surface area contributed by atoms with Gasteiger partial charge in [-0.15, -0.1) is 0 Å². The van der Waals surface area contributed by atoms with Crippen molar-refractivity contribution in [3.8, 4) is 11.1 Å². The van der Waals surface area contributed by atoms with Gasteiger partial charge in [-0.05, 0) is 84.9 Å². The van der Waals surface area contributed by atoms with E-state index in [1.54, 1.807) is 25.3 Å². The van der Waals surface area contributed by atoms with Crippen LogP contribution >= 0.6 is 6.49 Å². The van der Waals surface area contributed by atoms with Crippen molar-refractivity contribution in [3.63, 3.8) is 0 Å². The van der Waals surface area contributed by atoms with Gasteiger partial charge in [-0.2, -0.15) is 13.2 Å². The van der Waals surface area contributed by atoms with E-state index in [0.717, 1.165) is 16.7 Å². The first-order chi connectivity index (χ1) is 17.3. The highest BCUT2D eigenvalue weighted by molar-refractivity contribution is 8.09. The third-order valence-corrected chi connectivity index (χ3v) is 8.42. The molecule has 1 fully saturated rings. The molecule has 0 aromatic heterocycles. The van der Waals surface area contributed by atoms with E-state index in [1.807, 2.05) is 19.1 Å². The molecule has 0 radical (unpaired) electrons. The lowest BCUT2D eigenvalue weighted by molar-refractivity contribution is -0.153. The molecule has 0 saturated heterocycles. The number of ether oxygens (including phenoxy) is 1. The Labute approximate surface area is 218 Å². The van der Waals surface area contributed by atoms with Crippen LogP contribution < -0.4 is 5.32 Å². The number of amides is 1. The Kier molecular flexibility index (Phi) is 7.87. The first-order valence-corrected chi connectivity index (χ1v) is 14.9. The second-order valence-corrected chi connectivity index (χ2v) is 13.4. The van der Waals surface area contributed by atoms with E-state index in [4.69, 9.17) is 25.6 Å². The summed E-state index contributed by atoms with van der Waals surface area (Å²) >= 11 is 5.37. The van der Waals surface area contributed by atoms with Crippen LogP contribution in [0.15, 0.2) is 48.2 Å². The average Bonchev–Trinajstić information content (AvgIpc) is 3.08. The Morgan fingerprint density at radius 1 is 1.11 bits per heavy atom. The van der Waals surface area contributed by atoms with Crippen molar-refractivity contribution in [3.05, 3.63) is 65.2 Å². The van der Waals surface area contributed by atoms with E-state index >= 15 is 0 Å². The van der Waals surface area contributed by atoms with Crippen LogP contribution in [0.3, 0.4) is 0 Å². The molecule has 1 aliphatic carbocycles. The largest absolute Gasteiger partial charge is 0.445 e. The van der Waals surface area contributed by atoms with Crippen LogP contribution in [0.5, 0.6) is 0 Å². The number of rotatable bonds is 7. The number of methoxy groups -OCH3 is 1. The van der Waals surface area contributed by atoms with Crippen LogP contribution in [0, 0.1) is 12.7 Å². The van der Waals surface area contributed by atoms with Gasteiger partial charge in [0.25, 0.3) is 5.91 Å². The summed E-state index contributed by atoms with van der Waals surface area (Å²) in [7, 11) is 1.62. The molecule has 5 nitrogen and oxygen atoms in total. The number of carbonyl (C=O) groups excluding carboxylic acids is 1. The summed E-state index contributed by atoms with van der Waals surface area (Å²) in [6.45, 7) is -1.82. The van der Waals surface area contributed by atoms with Crippen molar-refractivity contribution in [1.82, 2.24) is 5.32 Å². The number of benzene rings is 2. The third kappa shape index (κ3) is 6.25. The SMILES string of the molecule is COC1CCC2(CC1)NC(=O)C(c1cc(-c3ccc(F)cc3)ccc1C)=C2OP(C)(=S)OCC(F)(F)F. The molecule has 1 spiro atoms. The van der Waals surface area contributed by atoms with Gasteiger partial charge in [-0.3, -0.25) is 4.79 Å². The number of hydrogen-bond acceptors (Lipinski definition) is 5. The number of carbonyl (C=O) groups is 1. The van der Waals surface area contributed by atoms with Gasteiger partial charge in [0.15, 0.2) is 6.61 Å². The summed E-state index contributed by atoms with van der Waals surface area (Å²) in [6, 6.07) is 11.5. The first-order valence-electron chi connectivity index (χ1n) is 11.8. The summed E-state index contributed by atoms with van der Waals surface area (Å²) in [4.78, 5) is 13.5. The molecule has 1 aliphatic heterocycles. The minimum Gasteiger partial charge on any atom is -0.445 e. The molecule has 1 unspecified atom stereocenters. The zero-order chi connectivity index (χ0) is 27.0. The number of hydrogen-bond donors (Lipinski definition) is 1. The van der Waals surface area contributed by atoms with E-state index in [9.17, 15) is 22.4 Å². The van der Waals surface area contributed by atoms with Gasteiger partial charge in [-0.25, -0.2) is 4.39 Å². The Morgan fingerprint density at radius 3 is 2.32 bits per heavy atom. The lowest BCUT2D eigenvalue weighted by atomic mass is 9.79. The molecule has 37 heavy (non-hydrogen) atoms. The summed E-state index contributed by atoms with van der Waals surface area (Å²) in [6.07, 6.45) is -2.37. The van der Waals surface area contributed by atoms with Crippen LogP contribution in [-0.4, -0.2) is 44.1 Å². The van der Waals surface area contributed by atoms with Crippen LogP contribution in [0.4, 0.5) is 17.6 Å². The summed E-state index contributed by atoms with van der Waals surface area (Å²) in [5.41, 5.74) is 2.11. The van der Waals surface area contributed by atoms with Gasteiger partial charge >= 0.3 is 6.18 Å². The Hall–Kier alpha value is -2.26.